The first-order chi connectivity index (χ1) is 10.1. The van der Waals surface area contributed by atoms with E-state index in [1.807, 2.05) is 25.1 Å². The minimum atomic E-state index is 0. The quantitative estimate of drug-likeness (QED) is 0.886. The fourth-order valence-corrected chi connectivity index (χ4v) is 3.56. The van der Waals surface area contributed by atoms with Gasteiger partial charge in [0.1, 0.15) is 0 Å². The Balaban J connectivity index is 0.00000176. The first-order valence-electron chi connectivity index (χ1n) is 7.63. The van der Waals surface area contributed by atoms with Crippen molar-refractivity contribution in [2.75, 3.05) is 31.5 Å². The topological polar surface area (TPSA) is 44.4 Å². The molecule has 2 fully saturated rings. The molecule has 2 unspecified atom stereocenters. The van der Waals surface area contributed by atoms with Crippen LogP contribution < -0.4 is 10.6 Å². The van der Waals surface area contributed by atoms with E-state index in [0.29, 0.717) is 23.5 Å². The van der Waals surface area contributed by atoms with Crippen LogP contribution in [0.25, 0.3) is 0 Å². The van der Waals surface area contributed by atoms with Crippen molar-refractivity contribution in [2.24, 2.45) is 5.92 Å². The number of anilines is 1. The molecule has 2 saturated heterocycles. The number of hydrogen-bond donors (Lipinski definition) is 2. The van der Waals surface area contributed by atoms with E-state index in [9.17, 15) is 4.79 Å². The summed E-state index contributed by atoms with van der Waals surface area (Å²) in [4.78, 5) is 14.5. The molecule has 0 aromatic heterocycles. The summed E-state index contributed by atoms with van der Waals surface area (Å²) in [6.45, 7) is 5.59. The molecule has 0 saturated carbocycles. The Labute approximate surface area is 143 Å². The van der Waals surface area contributed by atoms with E-state index in [0.717, 1.165) is 37.3 Å². The number of amides is 1. The Morgan fingerprint density at radius 2 is 2.27 bits per heavy atom. The molecular weight excluding hydrogens is 321 g/mol. The molecule has 3 rings (SSSR count). The minimum absolute atomic E-state index is 0. The number of halogens is 2. The zero-order valence-corrected chi connectivity index (χ0v) is 14.3. The molecule has 4 nitrogen and oxygen atoms in total. The predicted molar refractivity (Wildman–Crippen MR) is 93.0 cm³/mol. The number of fused-ring (bicyclic) bond motifs is 1. The summed E-state index contributed by atoms with van der Waals surface area (Å²) >= 11 is 5.98. The van der Waals surface area contributed by atoms with Gasteiger partial charge in [0, 0.05) is 29.8 Å². The molecule has 122 valence electrons. The molecule has 0 radical (unpaired) electrons. The van der Waals surface area contributed by atoms with Crippen LogP contribution >= 0.6 is 24.0 Å². The number of carbonyl (C=O) groups is 1. The van der Waals surface area contributed by atoms with E-state index in [2.05, 4.69) is 15.5 Å². The largest absolute Gasteiger partial charge is 0.325 e. The lowest BCUT2D eigenvalue weighted by molar-refractivity contribution is -0.117. The van der Waals surface area contributed by atoms with Gasteiger partial charge in [0.05, 0.1) is 6.54 Å². The lowest BCUT2D eigenvalue weighted by atomic mass is 9.93. The molecule has 1 aromatic rings. The van der Waals surface area contributed by atoms with Gasteiger partial charge >= 0.3 is 0 Å². The lowest BCUT2D eigenvalue weighted by Crippen LogP contribution is -2.46. The number of piperidine rings is 1. The van der Waals surface area contributed by atoms with E-state index < -0.39 is 0 Å². The number of benzene rings is 1. The summed E-state index contributed by atoms with van der Waals surface area (Å²) in [6, 6.07) is 6.24. The summed E-state index contributed by atoms with van der Waals surface area (Å²) in [5.41, 5.74) is 1.84. The Morgan fingerprint density at radius 3 is 3.09 bits per heavy atom. The van der Waals surface area contributed by atoms with Crippen LogP contribution in [0.15, 0.2) is 18.2 Å². The van der Waals surface area contributed by atoms with Crippen molar-refractivity contribution in [3.05, 3.63) is 28.8 Å². The smallest absolute Gasteiger partial charge is 0.238 e. The molecule has 6 heteroatoms. The first-order valence-corrected chi connectivity index (χ1v) is 8.01. The highest BCUT2D eigenvalue weighted by atomic mass is 35.5. The van der Waals surface area contributed by atoms with E-state index in [1.165, 1.54) is 6.42 Å². The SMILES string of the molecule is Cc1ccc(Cl)cc1NC(=O)CN1CCC2NCCC2C1.Cl. The Hall–Kier alpha value is -0.810. The molecule has 2 aliphatic heterocycles. The zero-order chi connectivity index (χ0) is 14.8. The van der Waals surface area contributed by atoms with E-state index in [4.69, 9.17) is 11.6 Å². The van der Waals surface area contributed by atoms with Gasteiger partial charge in [-0.2, -0.15) is 0 Å². The van der Waals surface area contributed by atoms with Gasteiger partial charge in [-0.1, -0.05) is 17.7 Å². The van der Waals surface area contributed by atoms with Crippen LogP contribution in [0.4, 0.5) is 5.69 Å². The summed E-state index contributed by atoms with van der Waals surface area (Å²) in [6.07, 6.45) is 2.38. The van der Waals surface area contributed by atoms with Crippen LogP contribution in [0.3, 0.4) is 0 Å². The van der Waals surface area contributed by atoms with Crippen molar-refractivity contribution < 1.29 is 4.79 Å². The fourth-order valence-electron chi connectivity index (χ4n) is 3.39. The number of carbonyl (C=O) groups excluding carboxylic acids is 1. The third-order valence-corrected chi connectivity index (χ3v) is 4.82. The van der Waals surface area contributed by atoms with Crippen LogP contribution in [0, 0.1) is 12.8 Å². The van der Waals surface area contributed by atoms with Gasteiger partial charge in [-0.3, -0.25) is 9.69 Å². The molecule has 2 N–H and O–H groups in total. The van der Waals surface area contributed by atoms with Gasteiger partial charge in [-0.15, -0.1) is 12.4 Å². The van der Waals surface area contributed by atoms with E-state index in [-0.39, 0.29) is 18.3 Å². The Morgan fingerprint density at radius 1 is 1.45 bits per heavy atom. The number of hydrogen-bond acceptors (Lipinski definition) is 3. The highest BCUT2D eigenvalue weighted by Gasteiger charge is 2.32. The van der Waals surface area contributed by atoms with Crippen molar-refractivity contribution in [1.82, 2.24) is 10.2 Å². The number of likely N-dealkylation sites (tertiary alicyclic amines) is 1. The van der Waals surface area contributed by atoms with E-state index in [1.54, 1.807) is 0 Å². The molecule has 2 aliphatic rings. The van der Waals surface area contributed by atoms with Gasteiger partial charge in [-0.25, -0.2) is 0 Å². The fraction of sp³-hybridized carbons (Fsp3) is 0.562. The summed E-state index contributed by atoms with van der Waals surface area (Å²) < 4.78 is 0. The van der Waals surface area contributed by atoms with Gasteiger partial charge < -0.3 is 10.6 Å². The van der Waals surface area contributed by atoms with Crippen LogP contribution in [0.5, 0.6) is 0 Å². The summed E-state index contributed by atoms with van der Waals surface area (Å²) in [7, 11) is 0. The molecule has 0 spiro atoms. The van der Waals surface area contributed by atoms with Gasteiger partial charge in [0.15, 0.2) is 0 Å². The normalized spacial score (nSPS) is 24.5. The van der Waals surface area contributed by atoms with Crippen molar-refractivity contribution >= 4 is 35.6 Å². The molecule has 2 heterocycles. The molecule has 0 aliphatic carbocycles. The molecule has 2 atom stereocenters. The third-order valence-electron chi connectivity index (χ3n) is 4.58. The maximum absolute atomic E-state index is 12.2. The van der Waals surface area contributed by atoms with Crippen LogP contribution in [-0.4, -0.2) is 43.0 Å². The number of rotatable bonds is 3. The standard InChI is InChI=1S/C16H22ClN3O.ClH/c1-11-2-3-13(17)8-15(11)19-16(21)10-20-7-5-14-12(9-20)4-6-18-14;/h2-3,8,12,14,18H,4-7,9-10H2,1H3,(H,19,21);1H. The van der Waals surface area contributed by atoms with Crippen molar-refractivity contribution in [1.29, 1.82) is 0 Å². The van der Waals surface area contributed by atoms with Crippen LogP contribution in [-0.2, 0) is 4.79 Å². The number of aryl methyl sites for hydroxylation is 1. The average Bonchev–Trinajstić information content (AvgIpc) is 2.90. The average molecular weight is 344 g/mol. The third kappa shape index (κ3) is 4.13. The van der Waals surface area contributed by atoms with Crippen molar-refractivity contribution in [2.45, 2.75) is 25.8 Å². The first kappa shape index (κ1) is 17.5. The molecule has 1 aromatic carbocycles. The zero-order valence-electron chi connectivity index (χ0n) is 12.8. The second-order valence-electron chi connectivity index (χ2n) is 6.14. The maximum Gasteiger partial charge on any atom is 0.238 e. The van der Waals surface area contributed by atoms with Crippen LogP contribution in [0.1, 0.15) is 18.4 Å². The number of nitrogens with zero attached hydrogens (tertiary/aromatic N) is 1. The summed E-state index contributed by atoms with van der Waals surface area (Å²) in [5, 5.41) is 7.17. The Bertz CT molecular complexity index is 538. The van der Waals surface area contributed by atoms with Crippen LogP contribution in [0.2, 0.25) is 5.02 Å². The minimum Gasteiger partial charge on any atom is -0.325 e. The Kier molecular flexibility index (Phi) is 6.09. The van der Waals surface area contributed by atoms with Crippen molar-refractivity contribution in [3.63, 3.8) is 0 Å². The molecule has 0 bridgehead atoms. The highest BCUT2D eigenvalue weighted by molar-refractivity contribution is 6.31. The lowest BCUT2D eigenvalue weighted by Gasteiger charge is -2.34. The predicted octanol–water partition coefficient (Wildman–Crippen LogP) is 2.69. The maximum atomic E-state index is 12.2. The second-order valence-corrected chi connectivity index (χ2v) is 6.58. The van der Waals surface area contributed by atoms with Gasteiger partial charge in [0.2, 0.25) is 5.91 Å². The second kappa shape index (κ2) is 7.64. The molecule has 1 amide bonds. The highest BCUT2D eigenvalue weighted by Crippen LogP contribution is 2.24. The summed E-state index contributed by atoms with van der Waals surface area (Å²) in [5.74, 6) is 0.754. The molecular formula is C16H23Cl2N3O. The van der Waals surface area contributed by atoms with E-state index >= 15 is 0 Å². The van der Waals surface area contributed by atoms with Gasteiger partial charge in [-0.05, 0) is 49.9 Å². The van der Waals surface area contributed by atoms with Gasteiger partial charge in [0.25, 0.3) is 0 Å². The number of nitrogens with one attached hydrogen (secondary N) is 2. The molecule has 22 heavy (non-hydrogen) atoms. The van der Waals surface area contributed by atoms with Crippen molar-refractivity contribution in [3.8, 4) is 0 Å². The monoisotopic (exact) mass is 343 g/mol.